The number of anilines is 3. The van der Waals surface area contributed by atoms with Crippen LogP contribution in [0.15, 0.2) is 36.5 Å². The molecule has 3 N–H and O–H groups in total. The number of aryl methyl sites for hydroxylation is 1. The third-order valence-electron chi connectivity index (χ3n) is 2.02. The molecule has 0 saturated carbocycles. The molecule has 1 radical (unpaired) electrons. The molecule has 1 heterocycles. The van der Waals surface area contributed by atoms with Crippen molar-refractivity contribution in [2.75, 3.05) is 11.1 Å². The minimum Gasteiger partial charge on any atom is -0.396 e. The first-order valence-corrected chi connectivity index (χ1v) is 4.71. The van der Waals surface area contributed by atoms with E-state index in [9.17, 15) is 0 Å². The summed E-state index contributed by atoms with van der Waals surface area (Å²) in [7, 11) is 0. The zero-order chi connectivity index (χ0) is 10.7. The Balaban J connectivity index is 2.25. The maximum Gasteiger partial charge on any atom is 0.153 e. The van der Waals surface area contributed by atoms with Crippen LogP contribution in [0, 0.1) is 13.0 Å². The number of hydrogen-bond acceptors (Lipinski definition) is 3. The largest absolute Gasteiger partial charge is 0.396 e. The van der Waals surface area contributed by atoms with Gasteiger partial charge in [-0.05, 0) is 36.8 Å². The van der Waals surface area contributed by atoms with E-state index in [2.05, 4.69) is 16.4 Å². The second-order valence-corrected chi connectivity index (χ2v) is 3.37. The standard InChI is InChI=1S/C12H12N3/c1-9-7-11(13)12(14-8-9)15-10-5-3-2-4-6-10/h2-3,5-8H,13H2,1H3,(H,14,15). The van der Waals surface area contributed by atoms with E-state index in [1.807, 2.05) is 37.3 Å². The summed E-state index contributed by atoms with van der Waals surface area (Å²) in [5.41, 5.74) is 8.47. The Morgan fingerprint density at radius 2 is 2.33 bits per heavy atom. The van der Waals surface area contributed by atoms with Gasteiger partial charge in [0.1, 0.15) is 0 Å². The lowest BCUT2D eigenvalue weighted by Crippen LogP contribution is -1.99. The summed E-state index contributed by atoms with van der Waals surface area (Å²) in [6.45, 7) is 1.96. The van der Waals surface area contributed by atoms with Crippen LogP contribution in [0.3, 0.4) is 0 Å². The van der Waals surface area contributed by atoms with Crippen molar-refractivity contribution < 1.29 is 0 Å². The van der Waals surface area contributed by atoms with Gasteiger partial charge in [0, 0.05) is 11.9 Å². The SMILES string of the molecule is Cc1cnc(Nc2c[c]ccc2)c(N)c1. The minimum absolute atomic E-state index is 0.652. The summed E-state index contributed by atoms with van der Waals surface area (Å²) in [5, 5.41) is 3.13. The van der Waals surface area contributed by atoms with Gasteiger partial charge in [-0.25, -0.2) is 4.98 Å². The van der Waals surface area contributed by atoms with Gasteiger partial charge in [-0.2, -0.15) is 0 Å². The number of benzene rings is 1. The van der Waals surface area contributed by atoms with Crippen molar-refractivity contribution in [2.45, 2.75) is 6.92 Å². The predicted molar refractivity (Wildman–Crippen MR) is 61.9 cm³/mol. The highest BCUT2D eigenvalue weighted by Gasteiger charge is 2.00. The summed E-state index contributed by atoms with van der Waals surface area (Å²) >= 11 is 0. The van der Waals surface area contributed by atoms with Gasteiger partial charge in [-0.15, -0.1) is 0 Å². The molecule has 2 aromatic rings. The molecule has 0 aliphatic carbocycles. The number of hydrogen-bond donors (Lipinski definition) is 2. The number of nitrogen functional groups attached to an aromatic ring is 1. The average Bonchev–Trinajstić information content (AvgIpc) is 2.24. The van der Waals surface area contributed by atoms with E-state index in [1.165, 1.54) is 0 Å². The molecule has 0 saturated heterocycles. The van der Waals surface area contributed by atoms with E-state index < -0.39 is 0 Å². The van der Waals surface area contributed by atoms with Crippen molar-refractivity contribution in [3.05, 3.63) is 48.2 Å². The Labute approximate surface area is 89.0 Å². The molecular formula is C12H12N3. The van der Waals surface area contributed by atoms with E-state index in [0.717, 1.165) is 11.3 Å². The second kappa shape index (κ2) is 4.00. The van der Waals surface area contributed by atoms with Gasteiger partial charge in [0.25, 0.3) is 0 Å². The lowest BCUT2D eigenvalue weighted by atomic mass is 10.2. The molecule has 0 aliphatic rings. The average molecular weight is 198 g/mol. The third-order valence-corrected chi connectivity index (χ3v) is 2.02. The minimum atomic E-state index is 0.652. The third kappa shape index (κ3) is 2.26. The van der Waals surface area contributed by atoms with Gasteiger partial charge < -0.3 is 11.1 Å². The molecule has 0 unspecified atom stereocenters. The molecule has 1 aromatic carbocycles. The molecule has 3 heteroatoms. The summed E-state index contributed by atoms with van der Waals surface area (Å²) in [5.74, 6) is 0.681. The molecule has 3 nitrogen and oxygen atoms in total. The fourth-order valence-electron chi connectivity index (χ4n) is 1.30. The molecule has 0 atom stereocenters. The fourth-order valence-corrected chi connectivity index (χ4v) is 1.30. The first kappa shape index (κ1) is 9.52. The Morgan fingerprint density at radius 1 is 1.47 bits per heavy atom. The predicted octanol–water partition coefficient (Wildman–Crippen LogP) is 2.52. The maximum absolute atomic E-state index is 5.83. The quantitative estimate of drug-likeness (QED) is 0.779. The van der Waals surface area contributed by atoms with Crippen molar-refractivity contribution in [3.8, 4) is 0 Å². The van der Waals surface area contributed by atoms with Gasteiger partial charge in [-0.1, -0.05) is 12.1 Å². The molecular weight excluding hydrogens is 186 g/mol. The molecule has 0 aliphatic heterocycles. The number of nitrogens with one attached hydrogen (secondary N) is 1. The van der Waals surface area contributed by atoms with E-state index >= 15 is 0 Å². The van der Waals surface area contributed by atoms with Crippen LogP contribution in [0.1, 0.15) is 5.56 Å². The normalized spacial score (nSPS) is 9.93. The van der Waals surface area contributed by atoms with Crippen molar-refractivity contribution in [1.82, 2.24) is 4.98 Å². The van der Waals surface area contributed by atoms with Crippen LogP contribution < -0.4 is 11.1 Å². The summed E-state index contributed by atoms with van der Waals surface area (Å²) in [4.78, 5) is 4.22. The van der Waals surface area contributed by atoms with E-state index in [1.54, 1.807) is 6.20 Å². The van der Waals surface area contributed by atoms with Crippen LogP contribution in [-0.2, 0) is 0 Å². The summed E-state index contributed by atoms with van der Waals surface area (Å²) in [6, 6.07) is 12.4. The molecule has 1 aromatic heterocycles. The van der Waals surface area contributed by atoms with Crippen molar-refractivity contribution in [3.63, 3.8) is 0 Å². The smallest absolute Gasteiger partial charge is 0.153 e. The van der Waals surface area contributed by atoms with E-state index in [4.69, 9.17) is 5.73 Å². The lowest BCUT2D eigenvalue weighted by Gasteiger charge is -2.08. The first-order valence-electron chi connectivity index (χ1n) is 4.71. The van der Waals surface area contributed by atoms with Gasteiger partial charge in [0.15, 0.2) is 5.82 Å². The van der Waals surface area contributed by atoms with Crippen LogP contribution in [0.5, 0.6) is 0 Å². The number of aromatic nitrogens is 1. The highest BCUT2D eigenvalue weighted by Crippen LogP contribution is 2.20. The van der Waals surface area contributed by atoms with Crippen molar-refractivity contribution in [2.24, 2.45) is 0 Å². The Morgan fingerprint density at radius 3 is 3.00 bits per heavy atom. The number of pyridine rings is 1. The number of rotatable bonds is 2. The van der Waals surface area contributed by atoms with Crippen molar-refractivity contribution in [1.29, 1.82) is 0 Å². The molecule has 2 rings (SSSR count). The Bertz CT molecular complexity index is 452. The van der Waals surface area contributed by atoms with Crippen LogP contribution in [0.25, 0.3) is 0 Å². The van der Waals surface area contributed by atoms with Crippen LogP contribution >= 0.6 is 0 Å². The van der Waals surface area contributed by atoms with Crippen LogP contribution in [0.4, 0.5) is 17.2 Å². The zero-order valence-corrected chi connectivity index (χ0v) is 8.49. The lowest BCUT2D eigenvalue weighted by molar-refractivity contribution is 1.26. The van der Waals surface area contributed by atoms with Gasteiger partial charge in [-0.3, -0.25) is 0 Å². The van der Waals surface area contributed by atoms with Gasteiger partial charge >= 0.3 is 0 Å². The molecule has 15 heavy (non-hydrogen) atoms. The number of nitrogens with zero attached hydrogens (tertiary/aromatic N) is 1. The van der Waals surface area contributed by atoms with Crippen LogP contribution in [-0.4, -0.2) is 4.98 Å². The fraction of sp³-hybridized carbons (Fsp3) is 0.0833. The number of nitrogens with two attached hydrogens (primary N) is 1. The molecule has 0 spiro atoms. The Kier molecular flexibility index (Phi) is 2.54. The van der Waals surface area contributed by atoms with Gasteiger partial charge in [0.05, 0.1) is 5.69 Å². The second-order valence-electron chi connectivity index (χ2n) is 3.37. The van der Waals surface area contributed by atoms with Crippen molar-refractivity contribution >= 4 is 17.2 Å². The first-order chi connectivity index (χ1) is 7.25. The Hall–Kier alpha value is -2.03. The zero-order valence-electron chi connectivity index (χ0n) is 8.49. The topological polar surface area (TPSA) is 50.9 Å². The van der Waals surface area contributed by atoms with E-state index in [0.29, 0.717) is 11.5 Å². The molecule has 0 amide bonds. The molecule has 75 valence electrons. The van der Waals surface area contributed by atoms with Crippen LogP contribution in [0.2, 0.25) is 0 Å². The molecule has 0 fully saturated rings. The molecule has 0 bridgehead atoms. The van der Waals surface area contributed by atoms with E-state index in [-0.39, 0.29) is 0 Å². The summed E-state index contributed by atoms with van der Waals surface area (Å²) < 4.78 is 0. The highest BCUT2D eigenvalue weighted by atomic mass is 15.0. The van der Waals surface area contributed by atoms with Gasteiger partial charge in [0.2, 0.25) is 0 Å². The summed E-state index contributed by atoms with van der Waals surface area (Å²) in [6.07, 6.45) is 1.78. The maximum atomic E-state index is 5.83. The highest BCUT2D eigenvalue weighted by molar-refractivity contribution is 5.68. The monoisotopic (exact) mass is 198 g/mol.